The second-order valence-electron chi connectivity index (χ2n) is 6.52. The maximum absolute atomic E-state index is 12.1. The number of nitrogens with one attached hydrogen (secondary N) is 2. The predicted molar refractivity (Wildman–Crippen MR) is 124 cm³/mol. The van der Waals surface area contributed by atoms with Crippen molar-refractivity contribution in [2.75, 3.05) is 27.3 Å². The number of phenolic OH excluding ortho intramolecular Hbond substituents is 1. The van der Waals surface area contributed by atoms with Crippen molar-refractivity contribution in [1.82, 2.24) is 10.6 Å². The number of aromatic hydroxyl groups is 1. The molecule has 0 unspecified atom stereocenters. The van der Waals surface area contributed by atoms with Crippen LogP contribution in [-0.4, -0.2) is 44.6 Å². The lowest BCUT2D eigenvalue weighted by Crippen LogP contribution is -2.37. The Balaban J connectivity index is 0.00000480. The number of phenols is 1. The van der Waals surface area contributed by atoms with E-state index < -0.39 is 12.8 Å². The number of ether oxygens (including phenoxy) is 2. The highest BCUT2D eigenvalue weighted by atomic mass is 127. The molecule has 0 atom stereocenters. The SMILES string of the molecule is CN=C(NCCc1ccc(OC)cc1O)NCc1ccc(COCC(F)(F)F)cc1.I. The Labute approximate surface area is 196 Å². The first-order valence-electron chi connectivity index (χ1n) is 9.33. The van der Waals surface area contributed by atoms with E-state index in [0.717, 1.165) is 11.1 Å². The smallest absolute Gasteiger partial charge is 0.411 e. The van der Waals surface area contributed by atoms with Crippen molar-refractivity contribution in [3.8, 4) is 11.5 Å². The molecule has 0 aliphatic heterocycles. The molecular weight excluding hydrogens is 526 g/mol. The molecule has 0 radical (unpaired) electrons. The molecular formula is C21H27F3IN3O3. The minimum absolute atomic E-state index is 0. The van der Waals surface area contributed by atoms with Gasteiger partial charge in [0.2, 0.25) is 0 Å². The van der Waals surface area contributed by atoms with E-state index in [-0.39, 0.29) is 36.3 Å². The van der Waals surface area contributed by atoms with Gasteiger partial charge >= 0.3 is 6.18 Å². The largest absolute Gasteiger partial charge is 0.508 e. The van der Waals surface area contributed by atoms with Gasteiger partial charge in [-0.2, -0.15) is 13.2 Å². The summed E-state index contributed by atoms with van der Waals surface area (Å²) in [7, 11) is 3.20. The van der Waals surface area contributed by atoms with Crippen LogP contribution in [0.3, 0.4) is 0 Å². The molecule has 0 spiro atoms. The molecule has 0 aromatic heterocycles. The molecule has 0 saturated heterocycles. The standard InChI is InChI=1S/C21H26F3N3O3.HI/c1-25-20(26-10-9-17-7-8-18(29-2)11-19(17)28)27-12-15-3-5-16(6-4-15)13-30-14-21(22,23)24;/h3-8,11,28H,9-10,12-14H2,1-2H3,(H2,25,26,27);1H. The van der Waals surface area contributed by atoms with Gasteiger partial charge in [0.05, 0.1) is 13.7 Å². The molecule has 0 fully saturated rings. The third kappa shape index (κ3) is 10.1. The zero-order valence-corrected chi connectivity index (χ0v) is 19.7. The molecule has 2 rings (SSSR count). The van der Waals surface area contributed by atoms with E-state index in [1.54, 1.807) is 38.4 Å². The third-order valence-corrected chi connectivity index (χ3v) is 4.22. The molecule has 0 aliphatic carbocycles. The van der Waals surface area contributed by atoms with E-state index in [2.05, 4.69) is 20.4 Å². The monoisotopic (exact) mass is 553 g/mol. The summed E-state index contributed by atoms with van der Waals surface area (Å²) in [6.07, 6.45) is -3.72. The molecule has 172 valence electrons. The summed E-state index contributed by atoms with van der Waals surface area (Å²) in [5, 5.41) is 16.3. The molecule has 6 nitrogen and oxygen atoms in total. The quantitative estimate of drug-likeness (QED) is 0.249. The Morgan fingerprint density at radius 3 is 2.32 bits per heavy atom. The van der Waals surface area contributed by atoms with E-state index in [0.29, 0.717) is 36.8 Å². The van der Waals surface area contributed by atoms with Gasteiger partial charge in [-0.1, -0.05) is 30.3 Å². The van der Waals surface area contributed by atoms with Crippen LogP contribution in [0.4, 0.5) is 13.2 Å². The topological polar surface area (TPSA) is 75.1 Å². The lowest BCUT2D eigenvalue weighted by atomic mass is 10.1. The van der Waals surface area contributed by atoms with Gasteiger partial charge in [-0.25, -0.2) is 0 Å². The lowest BCUT2D eigenvalue weighted by Gasteiger charge is -2.13. The highest BCUT2D eigenvalue weighted by molar-refractivity contribution is 14.0. The van der Waals surface area contributed by atoms with Crippen LogP contribution in [-0.2, 0) is 24.3 Å². The Kier molecular flexibility index (Phi) is 11.5. The van der Waals surface area contributed by atoms with Crippen LogP contribution in [0.2, 0.25) is 0 Å². The Hall–Kier alpha value is -2.21. The molecule has 0 saturated carbocycles. The molecule has 2 aromatic carbocycles. The minimum atomic E-state index is -4.32. The van der Waals surface area contributed by atoms with Crippen LogP contribution in [0.1, 0.15) is 16.7 Å². The number of benzene rings is 2. The number of halogens is 4. The maximum atomic E-state index is 12.1. The van der Waals surface area contributed by atoms with Crippen LogP contribution in [0.25, 0.3) is 0 Å². The second kappa shape index (κ2) is 13.3. The van der Waals surface area contributed by atoms with Crippen molar-refractivity contribution >= 4 is 29.9 Å². The van der Waals surface area contributed by atoms with Gasteiger partial charge in [0, 0.05) is 26.2 Å². The van der Waals surface area contributed by atoms with Crippen molar-refractivity contribution in [1.29, 1.82) is 0 Å². The fraction of sp³-hybridized carbons (Fsp3) is 0.381. The van der Waals surface area contributed by atoms with Gasteiger partial charge in [0.25, 0.3) is 0 Å². The summed E-state index contributed by atoms with van der Waals surface area (Å²) in [5.41, 5.74) is 2.41. The van der Waals surface area contributed by atoms with Crippen LogP contribution in [0.5, 0.6) is 11.5 Å². The molecule has 10 heteroatoms. The van der Waals surface area contributed by atoms with Gasteiger partial charge in [0.1, 0.15) is 18.1 Å². The Morgan fingerprint density at radius 1 is 1.06 bits per heavy atom. The number of alkyl halides is 3. The number of nitrogens with zero attached hydrogens (tertiary/aromatic N) is 1. The van der Waals surface area contributed by atoms with E-state index >= 15 is 0 Å². The molecule has 3 N–H and O–H groups in total. The minimum Gasteiger partial charge on any atom is -0.508 e. The number of aliphatic imine (C=N–C) groups is 1. The van der Waals surface area contributed by atoms with Crippen molar-refractivity contribution in [3.63, 3.8) is 0 Å². The maximum Gasteiger partial charge on any atom is 0.411 e. The van der Waals surface area contributed by atoms with Crippen LogP contribution in [0.15, 0.2) is 47.5 Å². The van der Waals surface area contributed by atoms with E-state index in [9.17, 15) is 18.3 Å². The molecule has 31 heavy (non-hydrogen) atoms. The number of rotatable bonds is 9. The summed E-state index contributed by atoms with van der Waals surface area (Å²) in [4.78, 5) is 4.15. The van der Waals surface area contributed by atoms with E-state index in [1.807, 2.05) is 18.2 Å². The number of hydrogen-bond acceptors (Lipinski definition) is 4. The fourth-order valence-corrected chi connectivity index (χ4v) is 2.64. The van der Waals surface area contributed by atoms with Crippen LogP contribution < -0.4 is 15.4 Å². The highest BCUT2D eigenvalue weighted by Gasteiger charge is 2.27. The molecule has 0 aliphatic rings. The van der Waals surface area contributed by atoms with Crippen molar-refractivity contribution in [3.05, 3.63) is 59.2 Å². The summed E-state index contributed by atoms with van der Waals surface area (Å²) in [6.45, 7) is -0.284. The summed E-state index contributed by atoms with van der Waals surface area (Å²) >= 11 is 0. The Morgan fingerprint density at radius 2 is 1.74 bits per heavy atom. The molecule has 2 aromatic rings. The molecule has 0 heterocycles. The first-order valence-corrected chi connectivity index (χ1v) is 9.33. The zero-order valence-electron chi connectivity index (χ0n) is 17.3. The summed E-state index contributed by atoms with van der Waals surface area (Å²) in [5.74, 6) is 1.37. The summed E-state index contributed by atoms with van der Waals surface area (Å²) in [6, 6.07) is 12.3. The van der Waals surface area contributed by atoms with Crippen molar-refractivity contribution in [2.24, 2.45) is 4.99 Å². The summed E-state index contributed by atoms with van der Waals surface area (Å²) < 4.78 is 46.0. The third-order valence-electron chi connectivity index (χ3n) is 4.22. The van der Waals surface area contributed by atoms with Gasteiger partial charge in [-0.05, 0) is 29.2 Å². The highest BCUT2D eigenvalue weighted by Crippen LogP contribution is 2.23. The zero-order chi connectivity index (χ0) is 22.0. The van der Waals surface area contributed by atoms with Crippen molar-refractivity contribution < 1.29 is 27.8 Å². The number of guanidine groups is 1. The van der Waals surface area contributed by atoms with E-state index in [4.69, 9.17) is 4.74 Å². The van der Waals surface area contributed by atoms with Crippen molar-refractivity contribution in [2.45, 2.75) is 25.7 Å². The first-order chi connectivity index (χ1) is 14.3. The van der Waals surface area contributed by atoms with Crippen LogP contribution in [0, 0.1) is 0 Å². The van der Waals surface area contributed by atoms with Gasteiger partial charge in [-0.3, -0.25) is 4.99 Å². The number of hydrogen-bond donors (Lipinski definition) is 3. The lowest BCUT2D eigenvalue weighted by molar-refractivity contribution is -0.176. The second-order valence-corrected chi connectivity index (χ2v) is 6.52. The van der Waals surface area contributed by atoms with Gasteiger partial charge in [-0.15, -0.1) is 24.0 Å². The average Bonchev–Trinajstić information content (AvgIpc) is 2.71. The fourth-order valence-electron chi connectivity index (χ4n) is 2.64. The molecule has 0 amide bonds. The van der Waals surface area contributed by atoms with Crippen LogP contribution >= 0.6 is 24.0 Å². The van der Waals surface area contributed by atoms with Gasteiger partial charge < -0.3 is 25.2 Å². The normalized spacial score (nSPS) is 11.6. The average molecular weight is 553 g/mol. The first kappa shape index (κ1) is 26.8. The van der Waals surface area contributed by atoms with E-state index in [1.165, 1.54) is 0 Å². The van der Waals surface area contributed by atoms with Gasteiger partial charge in [0.15, 0.2) is 5.96 Å². The molecule has 0 bridgehead atoms. The number of methoxy groups -OCH3 is 1. The predicted octanol–water partition coefficient (Wildman–Crippen LogP) is 4.01. The Bertz CT molecular complexity index is 831.